The van der Waals surface area contributed by atoms with E-state index in [4.69, 9.17) is 11.6 Å². The van der Waals surface area contributed by atoms with Gasteiger partial charge in [0.05, 0.1) is 0 Å². The lowest BCUT2D eigenvalue weighted by Crippen LogP contribution is -2.55. The second-order valence-electron chi connectivity index (χ2n) is 6.79. The highest BCUT2D eigenvalue weighted by Gasteiger charge is 2.37. The normalized spacial score (nSPS) is 26.7. The Bertz CT molecular complexity index is 590. The Morgan fingerprint density at radius 3 is 2.38 bits per heavy atom. The predicted molar refractivity (Wildman–Crippen MR) is 86.0 cm³/mol. The summed E-state index contributed by atoms with van der Waals surface area (Å²) in [4.78, 5) is 12.1. The molecular formula is C17H20ClF3N2O. The van der Waals surface area contributed by atoms with Crippen molar-refractivity contribution >= 4 is 17.5 Å². The van der Waals surface area contributed by atoms with Gasteiger partial charge in [-0.05, 0) is 43.9 Å². The van der Waals surface area contributed by atoms with Gasteiger partial charge in [-0.15, -0.1) is 0 Å². The van der Waals surface area contributed by atoms with Crippen LogP contribution in [0, 0.1) is 5.82 Å². The SMILES string of the molecule is O=C(N[C@H]1C[C@H](NC2CCC(F)(F)CC2)C1)c1cc(F)cc(Cl)c1. The molecule has 1 aromatic rings. The van der Waals surface area contributed by atoms with Crippen molar-refractivity contribution in [2.45, 2.75) is 62.6 Å². The number of alkyl halides is 2. The largest absolute Gasteiger partial charge is 0.349 e. The van der Waals surface area contributed by atoms with Crippen LogP contribution >= 0.6 is 11.6 Å². The van der Waals surface area contributed by atoms with Crippen LogP contribution < -0.4 is 10.6 Å². The highest BCUT2D eigenvalue weighted by molar-refractivity contribution is 6.31. The van der Waals surface area contributed by atoms with Gasteiger partial charge < -0.3 is 10.6 Å². The van der Waals surface area contributed by atoms with E-state index in [0.29, 0.717) is 12.8 Å². The van der Waals surface area contributed by atoms with E-state index in [1.54, 1.807) is 0 Å². The topological polar surface area (TPSA) is 41.1 Å². The van der Waals surface area contributed by atoms with Crippen LogP contribution in [-0.4, -0.2) is 30.0 Å². The first kappa shape index (κ1) is 17.5. The van der Waals surface area contributed by atoms with E-state index >= 15 is 0 Å². The number of hydrogen-bond donors (Lipinski definition) is 2. The van der Waals surface area contributed by atoms with Crippen LogP contribution in [0.25, 0.3) is 0 Å². The number of nitrogens with one attached hydrogen (secondary N) is 2. The van der Waals surface area contributed by atoms with Crippen molar-refractivity contribution in [2.24, 2.45) is 0 Å². The van der Waals surface area contributed by atoms with Gasteiger partial charge in [0.15, 0.2) is 0 Å². The molecule has 2 aliphatic carbocycles. The van der Waals surface area contributed by atoms with E-state index < -0.39 is 11.7 Å². The van der Waals surface area contributed by atoms with Gasteiger partial charge >= 0.3 is 0 Å². The number of rotatable bonds is 4. The predicted octanol–water partition coefficient (Wildman–Crippen LogP) is 3.91. The maximum atomic E-state index is 13.3. The number of benzene rings is 1. The molecule has 0 radical (unpaired) electrons. The van der Waals surface area contributed by atoms with Gasteiger partial charge in [0.2, 0.25) is 5.92 Å². The second kappa shape index (κ2) is 6.92. The van der Waals surface area contributed by atoms with Gasteiger partial charge in [-0.1, -0.05) is 11.6 Å². The summed E-state index contributed by atoms with van der Waals surface area (Å²) in [6, 6.07) is 4.11. The molecule has 132 valence electrons. The molecule has 2 aliphatic rings. The number of carbonyl (C=O) groups is 1. The summed E-state index contributed by atoms with van der Waals surface area (Å²) in [5.41, 5.74) is 0.200. The summed E-state index contributed by atoms with van der Waals surface area (Å²) >= 11 is 5.75. The van der Waals surface area contributed by atoms with Crippen molar-refractivity contribution in [1.82, 2.24) is 10.6 Å². The lowest BCUT2D eigenvalue weighted by molar-refractivity contribution is -0.0423. The number of amides is 1. The molecular weight excluding hydrogens is 341 g/mol. The third-order valence-corrected chi connectivity index (χ3v) is 5.00. The average Bonchev–Trinajstić information content (AvgIpc) is 2.45. The van der Waals surface area contributed by atoms with E-state index in [9.17, 15) is 18.0 Å². The van der Waals surface area contributed by atoms with Crippen molar-refractivity contribution in [1.29, 1.82) is 0 Å². The summed E-state index contributed by atoms with van der Waals surface area (Å²) in [5.74, 6) is -3.41. The molecule has 0 aromatic heterocycles. The monoisotopic (exact) mass is 360 g/mol. The third-order valence-electron chi connectivity index (χ3n) is 4.79. The van der Waals surface area contributed by atoms with Crippen LogP contribution in [0.2, 0.25) is 5.02 Å². The quantitative estimate of drug-likeness (QED) is 0.854. The lowest BCUT2D eigenvalue weighted by Gasteiger charge is -2.40. The van der Waals surface area contributed by atoms with Crippen molar-refractivity contribution in [3.63, 3.8) is 0 Å². The van der Waals surface area contributed by atoms with Crippen LogP contribution in [0.5, 0.6) is 0 Å². The molecule has 0 spiro atoms. The Morgan fingerprint density at radius 1 is 1.08 bits per heavy atom. The van der Waals surface area contributed by atoms with Crippen LogP contribution in [0.4, 0.5) is 13.2 Å². The van der Waals surface area contributed by atoms with Crippen LogP contribution in [0.1, 0.15) is 48.9 Å². The van der Waals surface area contributed by atoms with E-state index in [2.05, 4.69) is 10.6 Å². The van der Waals surface area contributed by atoms with Crippen LogP contribution in [-0.2, 0) is 0 Å². The number of halogens is 4. The van der Waals surface area contributed by atoms with Crippen molar-refractivity contribution in [3.8, 4) is 0 Å². The Morgan fingerprint density at radius 2 is 1.75 bits per heavy atom. The van der Waals surface area contributed by atoms with E-state index in [1.165, 1.54) is 6.07 Å². The standard InChI is InChI=1S/C17H20ClF3N2O/c18-11-5-10(6-12(19)7-11)16(24)23-15-8-14(9-15)22-13-1-3-17(20,21)4-2-13/h5-7,13-15,22H,1-4,8-9H2,(H,23,24)/t14-,15-. The molecule has 2 fully saturated rings. The second-order valence-corrected chi connectivity index (χ2v) is 7.23. The van der Waals surface area contributed by atoms with Crippen LogP contribution in [0.3, 0.4) is 0 Å². The molecule has 1 aromatic carbocycles. The zero-order valence-corrected chi connectivity index (χ0v) is 13.9. The molecule has 3 nitrogen and oxygen atoms in total. The minimum absolute atomic E-state index is 0.0158. The maximum Gasteiger partial charge on any atom is 0.251 e. The van der Waals surface area contributed by atoms with Crippen LogP contribution in [0.15, 0.2) is 18.2 Å². The molecule has 0 atom stereocenters. The van der Waals surface area contributed by atoms with Crippen molar-refractivity contribution in [3.05, 3.63) is 34.6 Å². The fourth-order valence-electron chi connectivity index (χ4n) is 3.37. The lowest BCUT2D eigenvalue weighted by atomic mass is 9.84. The Kier molecular flexibility index (Phi) is 5.06. The molecule has 2 saturated carbocycles. The molecule has 1 amide bonds. The first-order valence-electron chi connectivity index (χ1n) is 8.21. The maximum absolute atomic E-state index is 13.3. The molecule has 0 bridgehead atoms. The minimum atomic E-state index is -2.51. The fraction of sp³-hybridized carbons (Fsp3) is 0.588. The first-order valence-corrected chi connectivity index (χ1v) is 8.59. The van der Waals surface area contributed by atoms with Gasteiger partial charge in [-0.2, -0.15) is 0 Å². The Labute approximate surface area is 143 Å². The zero-order valence-electron chi connectivity index (χ0n) is 13.1. The Balaban J connectivity index is 1.41. The van der Waals surface area contributed by atoms with Gasteiger partial charge in [0.1, 0.15) is 5.82 Å². The molecule has 0 aliphatic heterocycles. The number of hydrogen-bond acceptors (Lipinski definition) is 2. The van der Waals surface area contributed by atoms with Crippen molar-refractivity contribution < 1.29 is 18.0 Å². The first-order chi connectivity index (χ1) is 11.3. The molecule has 7 heteroatoms. The fourth-order valence-corrected chi connectivity index (χ4v) is 3.59. The highest BCUT2D eigenvalue weighted by atomic mass is 35.5. The van der Waals surface area contributed by atoms with Gasteiger partial charge in [-0.3, -0.25) is 4.79 Å². The minimum Gasteiger partial charge on any atom is -0.349 e. The highest BCUT2D eigenvalue weighted by Crippen LogP contribution is 2.34. The summed E-state index contributed by atoms with van der Waals surface area (Å²) in [7, 11) is 0. The smallest absolute Gasteiger partial charge is 0.251 e. The molecule has 0 heterocycles. The summed E-state index contributed by atoms with van der Waals surface area (Å²) in [6.45, 7) is 0. The summed E-state index contributed by atoms with van der Waals surface area (Å²) in [5, 5.41) is 6.41. The van der Waals surface area contributed by atoms with E-state index in [0.717, 1.165) is 25.0 Å². The van der Waals surface area contributed by atoms with Gasteiger partial charge in [-0.25, -0.2) is 13.2 Å². The average molecular weight is 361 g/mol. The van der Waals surface area contributed by atoms with E-state index in [-0.39, 0.29) is 47.5 Å². The summed E-state index contributed by atoms with van der Waals surface area (Å²) < 4.78 is 39.5. The molecule has 0 unspecified atom stereocenters. The molecule has 0 saturated heterocycles. The van der Waals surface area contributed by atoms with Crippen molar-refractivity contribution in [2.75, 3.05) is 0 Å². The van der Waals surface area contributed by atoms with Gasteiger partial charge in [0.25, 0.3) is 5.91 Å². The van der Waals surface area contributed by atoms with Gasteiger partial charge in [0, 0.05) is 41.6 Å². The van der Waals surface area contributed by atoms with E-state index in [1.807, 2.05) is 0 Å². The summed E-state index contributed by atoms with van der Waals surface area (Å²) in [6.07, 6.45) is 2.36. The zero-order chi connectivity index (χ0) is 17.3. The molecule has 24 heavy (non-hydrogen) atoms. The Hall–Kier alpha value is -1.27. The number of carbonyl (C=O) groups excluding carboxylic acids is 1. The molecule has 2 N–H and O–H groups in total. The third kappa shape index (κ3) is 4.42. The molecule has 3 rings (SSSR count).